The Morgan fingerprint density at radius 1 is 1.46 bits per heavy atom. The Kier molecular flexibility index (Phi) is 1.67. The predicted octanol–water partition coefficient (Wildman–Crippen LogP) is 2.84. The fraction of sp³-hybridized carbons (Fsp3) is 0.222. The zero-order valence-corrected chi connectivity index (χ0v) is 9.12. The summed E-state index contributed by atoms with van der Waals surface area (Å²) in [5, 5.41) is 2.76. The van der Waals surface area contributed by atoms with Crippen molar-refractivity contribution in [3.63, 3.8) is 0 Å². The molecule has 4 heteroatoms. The quantitative estimate of drug-likeness (QED) is 0.709. The minimum atomic E-state index is 0.508. The summed E-state index contributed by atoms with van der Waals surface area (Å²) in [6.07, 6.45) is 8.52. The van der Waals surface area contributed by atoms with Crippen LogP contribution < -0.4 is 0 Å². The monoisotopic (exact) mass is 254 g/mol. The van der Waals surface area contributed by atoms with E-state index in [0.29, 0.717) is 11.2 Å². The third kappa shape index (κ3) is 1.05. The minimum Gasteiger partial charge on any atom is -0.298 e. The number of hydrogen-bond donors (Lipinski definition) is 0. The molecule has 0 fully saturated rings. The number of halogens is 1. The Bertz CT molecular complexity index is 408. The van der Waals surface area contributed by atoms with E-state index in [1.54, 1.807) is 0 Å². The number of thioether (sulfide) groups is 1. The molecule has 0 saturated heterocycles. The van der Waals surface area contributed by atoms with Crippen LogP contribution in [-0.4, -0.2) is 14.8 Å². The van der Waals surface area contributed by atoms with Crippen LogP contribution in [0.1, 0.15) is 11.6 Å². The van der Waals surface area contributed by atoms with Crippen LogP contribution in [0.3, 0.4) is 0 Å². The van der Waals surface area contributed by atoms with Gasteiger partial charge in [0.05, 0.1) is 11.9 Å². The van der Waals surface area contributed by atoms with Gasteiger partial charge in [0, 0.05) is 17.4 Å². The van der Waals surface area contributed by atoms with Crippen molar-refractivity contribution in [3.8, 4) is 0 Å². The molecule has 0 saturated carbocycles. The first-order valence-electron chi connectivity index (χ1n) is 4.09. The van der Waals surface area contributed by atoms with Crippen molar-refractivity contribution in [2.24, 2.45) is 0 Å². The van der Waals surface area contributed by atoms with Gasteiger partial charge >= 0.3 is 0 Å². The van der Waals surface area contributed by atoms with Crippen LogP contribution in [0.15, 0.2) is 28.5 Å². The third-order valence-corrected chi connectivity index (χ3v) is 4.09. The van der Waals surface area contributed by atoms with Gasteiger partial charge in [0.1, 0.15) is 0 Å². The molecule has 2 aliphatic heterocycles. The maximum Gasteiger partial charge on any atom is 0.181 e. The van der Waals surface area contributed by atoms with Gasteiger partial charge in [-0.1, -0.05) is 12.2 Å². The molecule has 1 aromatic rings. The number of aromatic nitrogens is 2. The zero-order valence-electron chi connectivity index (χ0n) is 6.72. The first-order chi connectivity index (χ1) is 6.36. The molecule has 3 heterocycles. The van der Waals surface area contributed by atoms with Gasteiger partial charge in [0.2, 0.25) is 0 Å². The third-order valence-electron chi connectivity index (χ3n) is 2.42. The number of rotatable bonds is 0. The predicted molar refractivity (Wildman–Crippen MR) is 58.5 cm³/mol. The summed E-state index contributed by atoms with van der Waals surface area (Å²) in [5.41, 5.74) is 1.28. The highest BCUT2D eigenvalue weighted by Gasteiger charge is 2.29. The summed E-state index contributed by atoms with van der Waals surface area (Å²) in [5.74, 6) is 0.508. The molecule has 0 amide bonds. The number of allylic oxidation sites excluding steroid dienone is 1. The van der Waals surface area contributed by atoms with Crippen LogP contribution >= 0.6 is 27.7 Å². The average molecular weight is 255 g/mol. The van der Waals surface area contributed by atoms with Crippen molar-refractivity contribution in [1.82, 2.24) is 9.55 Å². The van der Waals surface area contributed by atoms with Crippen molar-refractivity contribution >= 4 is 33.9 Å². The fourth-order valence-electron chi connectivity index (χ4n) is 1.76. The first-order valence-corrected chi connectivity index (χ1v) is 5.83. The molecule has 0 aliphatic carbocycles. The molecule has 3 rings (SSSR count). The van der Waals surface area contributed by atoms with E-state index in [1.165, 1.54) is 5.69 Å². The van der Waals surface area contributed by atoms with Gasteiger partial charge in [-0.15, -0.1) is 11.8 Å². The molecule has 0 aromatic carbocycles. The SMILES string of the molecule is Brc1ncc2n1C=CC1SC=CC21. The van der Waals surface area contributed by atoms with Crippen molar-refractivity contribution in [1.29, 1.82) is 0 Å². The molecular formula is C9H7BrN2S. The topological polar surface area (TPSA) is 17.8 Å². The van der Waals surface area contributed by atoms with Gasteiger partial charge in [-0.3, -0.25) is 4.57 Å². The lowest BCUT2D eigenvalue weighted by atomic mass is 10.00. The van der Waals surface area contributed by atoms with E-state index < -0.39 is 0 Å². The van der Waals surface area contributed by atoms with E-state index in [2.05, 4.69) is 49.2 Å². The van der Waals surface area contributed by atoms with Gasteiger partial charge in [-0.2, -0.15) is 0 Å². The molecular weight excluding hydrogens is 248 g/mol. The summed E-state index contributed by atoms with van der Waals surface area (Å²) in [6.45, 7) is 0. The van der Waals surface area contributed by atoms with E-state index in [-0.39, 0.29) is 0 Å². The van der Waals surface area contributed by atoms with E-state index in [1.807, 2.05) is 18.0 Å². The number of imidazole rings is 1. The molecule has 2 aliphatic rings. The average Bonchev–Trinajstić information content (AvgIpc) is 2.70. The Morgan fingerprint density at radius 3 is 3.31 bits per heavy atom. The van der Waals surface area contributed by atoms with Crippen molar-refractivity contribution in [2.75, 3.05) is 0 Å². The lowest BCUT2D eigenvalue weighted by Crippen LogP contribution is -2.14. The maximum atomic E-state index is 4.24. The number of nitrogens with zero attached hydrogens (tertiary/aromatic N) is 2. The lowest BCUT2D eigenvalue weighted by molar-refractivity contribution is 0.797. The van der Waals surface area contributed by atoms with Crippen LogP contribution in [0, 0.1) is 0 Å². The molecule has 2 nitrogen and oxygen atoms in total. The highest BCUT2D eigenvalue weighted by Crippen LogP contribution is 2.41. The Labute approximate surface area is 88.9 Å². The summed E-state index contributed by atoms with van der Waals surface area (Å²) in [6, 6.07) is 0. The number of fused-ring (bicyclic) bond motifs is 3. The highest BCUT2D eigenvalue weighted by molar-refractivity contribution is 9.10. The minimum absolute atomic E-state index is 0.508. The van der Waals surface area contributed by atoms with Crippen molar-refractivity contribution in [2.45, 2.75) is 11.2 Å². The molecule has 2 unspecified atom stereocenters. The van der Waals surface area contributed by atoms with Crippen LogP contribution in [0.5, 0.6) is 0 Å². The Morgan fingerprint density at radius 2 is 2.38 bits per heavy atom. The molecule has 2 atom stereocenters. The normalized spacial score (nSPS) is 29.0. The van der Waals surface area contributed by atoms with Gasteiger partial charge in [-0.05, 0) is 21.3 Å². The summed E-state index contributed by atoms with van der Waals surface area (Å²) in [4.78, 5) is 4.24. The van der Waals surface area contributed by atoms with E-state index in [4.69, 9.17) is 0 Å². The molecule has 1 aromatic heterocycles. The van der Waals surface area contributed by atoms with Crippen LogP contribution in [0.25, 0.3) is 6.20 Å². The van der Waals surface area contributed by atoms with Gasteiger partial charge in [-0.25, -0.2) is 4.98 Å². The van der Waals surface area contributed by atoms with E-state index in [9.17, 15) is 0 Å². The fourth-order valence-corrected chi connectivity index (χ4v) is 3.19. The highest BCUT2D eigenvalue weighted by atomic mass is 79.9. The van der Waals surface area contributed by atoms with Gasteiger partial charge in [0.15, 0.2) is 4.73 Å². The van der Waals surface area contributed by atoms with Crippen LogP contribution in [0.4, 0.5) is 0 Å². The summed E-state index contributed by atoms with van der Waals surface area (Å²) in [7, 11) is 0. The van der Waals surface area contributed by atoms with E-state index >= 15 is 0 Å². The second-order valence-corrected chi connectivity index (χ2v) is 4.92. The van der Waals surface area contributed by atoms with Gasteiger partial charge in [0.25, 0.3) is 0 Å². The van der Waals surface area contributed by atoms with Gasteiger partial charge < -0.3 is 0 Å². The molecule has 0 bridgehead atoms. The molecule has 0 radical (unpaired) electrons. The maximum absolute atomic E-state index is 4.24. The van der Waals surface area contributed by atoms with Crippen LogP contribution in [-0.2, 0) is 0 Å². The standard InChI is InChI=1S/C9H7BrN2S/c10-9-11-5-7-6-2-4-13-8(6)1-3-12(7)9/h1-6,8H. The smallest absolute Gasteiger partial charge is 0.181 e. The lowest BCUT2D eigenvalue weighted by Gasteiger charge is -2.20. The van der Waals surface area contributed by atoms with Crippen molar-refractivity contribution in [3.05, 3.63) is 34.2 Å². The van der Waals surface area contributed by atoms with E-state index in [0.717, 1.165) is 4.73 Å². The summed E-state index contributed by atoms with van der Waals surface area (Å²) < 4.78 is 2.99. The zero-order chi connectivity index (χ0) is 8.84. The Balaban J connectivity index is 2.18. The Hall–Kier alpha value is -0.480. The molecule has 13 heavy (non-hydrogen) atoms. The second-order valence-electron chi connectivity index (χ2n) is 3.12. The first kappa shape index (κ1) is 7.88. The molecule has 0 N–H and O–H groups in total. The van der Waals surface area contributed by atoms with Crippen molar-refractivity contribution < 1.29 is 0 Å². The largest absolute Gasteiger partial charge is 0.298 e. The summed E-state index contributed by atoms with van der Waals surface area (Å²) >= 11 is 5.29. The second kappa shape index (κ2) is 2.75. The number of hydrogen-bond acceptors (Lipinski definition) is 2. The molecule has 66 valence electrons. The molecule has 0 spiro atoms. The van der Waals surface area contributed by atoms with Crippen LogP contribution in [0.2, 0.25) is 0 Å².